The molecule has 0 spiro atoms. The summed E-state index contributed by atoms with van der Waals surface area (Å²) in [5, 5.41) is 53.5. The second-order valence-electron chi connectivity index (χ2n) is 15.7. The second kappa shape index (κ2) is 15.6. The number of hydrogen-bond donors (Lipinski definition) is 0. The van der Waals surface area contributed by atoms with Gasteiger partial charge < -0.3 is 9.13 Å². The molecule has 0 radical (unpaired) electrons. The molecule has 0 bridgehead atoms. The van der Waals surface area contributed by atoms with Crippen LogP contribution in [0.25, 0.3) is 100 Å². The highest BCUT2D eigenvalue weighted by molar-refractivity contribution is 6.12. The summed E-state index contributed by atoms with van der Waals surface area (Å²) >= 11 is 0. The highest BCUT2D eigenvalue weighted by atomic mass is 15.0. The van der Waals surface area contributed by atoms with Gasteiger partial charge in [0, 0.05) is 49.4 Å². The minimum Gasteiger partial charge on any atom is -0.309 e. The van der Waals surface area contributed by atoms with Gasteiger partial charge in [0.2, 0.25) is 0 Å². The molecule has 8 aromatic carbocycles. The van der Waals surface area contributed by atoms with Crippen LogP contribution in [0.5, 0.6) is 0 Å². The number of hydrogen-bond acceptors (Lipinski definition) is 8. The first-order chi connectivity index (χ1) is 32.5. The van der Waals surface area contributed by atoms with Gasteiger partial charge in [-0.2, -0.15) is 26.3 Å². The first kappa shape index (κ1) is 38.7. The molecular weight excluding hydrogens is 813 g/mol. The minimum absolute atomic E-state index is 0.432. The van der Waals surface area contributed by atoms with Gasteiger partial charge in [-0.15, -0.1) is 0 Å². The van der Waals surface area contributed by atoms with Crippen LogP contribution in [0.1, 0.15) is 27.8 Å². The molecule has 0 aliphatic heterocycles. The minimum atomic E-state index is 0.432. The van der Waals surface area contributed by atoms with Gasteiger partial charge >= 0.3 is 0 Å². The predicted molar refractivity (Wildman–Crippen MR) is 254 cm³/mol. The Morgan fingerprint density at radius 3 is 1.00 bits per heavy atom. The van der Waals surface area contributed by atoms with Crippen LogP contribution in [0.15, 0.2) is 170 Å². The fraction of sp³-hybridized carbons (Fsp3) is 0. The van der Waals surface area contributed by atoms with Gasteiger partial charge in [-0.05, 0) is 91.0 Å². The van der Waals surface area contributed by atoms with Crippen molar-refractivity contribution in [2.24, 2.45) is 0 Å². The third kappa shape index (κ3) is 6.35. The van der Waals surface area contributed by atoms with Crippen LogP contribution >= 0.6 is 0 Å². The summed E-state index contributed by atoms with van der Waals surface area (Å²) in [5.41, 5.74) is 10.8. The van der Waals surface area contributed by atoms with Crippen molar-refractivity contribution in [1.82, 2.24) is 24.1 Å². The molecule has 11 aromatic rings. The van der Waals surface area contributed by atoms with E-state index in [0.29, 0.717) is 56.5 Å². The highest BCUT2D eigenvalue weighted by Crippen LogP contribution is 2.43. The molecule has 10 heteroatoms. The van der Waals surface area contributed by atoms with Crippen molar-refractivity contribution in [1.29, 1.82) is 26.3 Å². The predicted octanol–water partition coefficient (Wildman–Crippen LogP) is 12.1. The Kier molecular flexibility index (Phi) is 9.17. The number of rotatable bonds is 6. The quantitative estimate of drug-likeness (QED) is 0.159. The van der Waals surface area contributed by atoms with Gasteiger partial charge in [0.25, 0.3) is 0 Å². The van der Waals surface area contributed by atoms with Crippen molar-refractivity contribution in [2.75, 3.05) is 0 Å². The average molecular weight is 841 g/mol. The summed E-state index contributed by atoms with van der Waals surface area (Å²) < 4.78 is 4.21. The Labute approximate surface area is 377 Å². The van der Waals surface area contributed by atoms with Crippen LogP contribution in [-0.2, 0) is 0 Å². The van der Waals surface area contributed by atoms with Crippen molar-refractivity contribution in [3.8, 4) is 87.0 Å². The SMILES string of the molecule is N#Cc1ccc(-c2ccc(-c3nc(-c4ccccc4)nc(-c4ccccc4)n3)cc2-n2c3ccc(C#N)cc3c3cc(C#N)ccc32)c(-n2c3ccc(C#N)cc3c3cc(C#N)ccc32)c1. The van der Waals surface area contributed by atoms with E-state index in [1.54, 1.807) is 30.3 Å². The fourth-order valence-corrected chi connectivity index (χ4v) is 8.88. The molecule has 0 aliphatic rings. The molecule has 0 N–H and O–H groups in total. The molecule has 3 aromatic heterocycles. The maximum Gasteiger partial charge on any atom is 0.164 e. The van der Waals surface area contributed by atoms with Gasteiger partial charge in [-0.3, -0.25) is 0 Å². The van der Waals surface area contributed by atoms with Gasteiger partial charge in [-0.1, -0.05) is 78.9 Å². The molecule has 11 rings (SSSR count). The summed E-state index contributed by atoms with van der Waals surface area (Å²) in [6.45, 7) is 0. The first-order valence-corrected chi connectivity index (χ1v) is 20.8. The van der Waals surface area contributed by atoms with E-state index in [1.807, 2.05) is 133 Å². The van der Waals surface area contributed by atoms with E-state index in [1.165, 1.54) is 0 Å². The summed E-state index contributed by atoms with van der Waals surface area (Å²) in [5.74, 6) is 1.46. The van der Waals surface area contributed by atoms with Crippen molar-refractivity contribution >= 4 is 43.6 Å². The Hall–Kier alpha value is -10.2. The molecule has 10 nitrogen and oxygen atoms in total. The van der Waals surface area contributed by atoms with Crippen LogP contribution in [0, 0.1) is 56.7 Å². The molecule has 0 saturated carbocycles. The van der Waals surface area contributed by atoms with Gasteiger partial charge in [0.05, 0.1) is 91.6 Å². The maximum absolute atomic E-state index is 10.4. The standard InChI is InChI=1S/C56H28N10/c57-29-34-12-19-48-44(23-34)45-24-35(30-58)13-20-49(45)65(48)52-27-38(33-61)11-17-42(52)43-18-16-41(56-63-54(39-7-3-1-4-8-39)62-55(64-56)40-9-5-2-6-10-40)28-53(43)66-50-21-14-36(31-59)25-46(50)47-26-37(32-60)15-22-51(47)66/h1-28H. The number of fused-ring (bicyclic) bond motifs is 6. The van der Waals surface area contributed by atoms with E-state index in [4.69, 9.17) is 15.0 Å². The van der Waals surface area contributed by atoms with E-state index in [0.717, 1.165) is 71.6 Å². The average Bonchev–Trinajstić information content (AvgIpc) is 3.89. The first-order valence-electron chi connectivity index (χ1n) is 20.8. The summed E-state index contributed by atoms with van der Waals surface area (Å²) in [6, 6.07) is 64.7. The molecule has 0 unspecified atom stereocenters. The molecule has 0 amide bonds. The van der Waals surface area contributed by atoms with Crippen LogP contribution in [0.2, 0.25) is 0 Å². The third-order valence-electron chi connectivity index (χ3n) is 11.9. The molecule has 3 heterocycles. The van der Waals surface area contributed by atoms with Crippen molar-refractivity contribution in [3.05, 3.63) is 198 Å². The molecule has 0 fully saturated rings. The molecule has 66 heavy (non-hydrogen) atoms. The van der Waals surface area contributed by atoms with E-state index in [-0.39, 0.29) is 0 Å². The molecule has 302 valence electrons. The maximum atomic E-state index is 10.4. The Balaban J connectivity index is 1.25. The monoisotopic (exact) mass is 840 g/mol. The van der Waals surface area contributed by atoms with E-state index < -0.39 is 0 Å². The summed E-state index contributed by atoms with van der Waals surface area (Å²) in [4.78, 5) is 15.1. The van der Waals surface area contributed by atoms with Crippen LogP contribution in [0.4, 0.5) is 0 Å². The lowest BCUT2D eigenvalue weighted by molar-refractivity contribution is 1.07. The van der Waals surface area contributed by atoms with Gasteiger partial charge in [0.1, 0.15) is 0 Å². The van der Waals surface area contributed by atoms with E-state index >= 15 is 0 Å². The van der Waals surface area contributed by atoms with Gasteiger partial charge in [0.15, 0.2) is 17.5 Å². The lowest BCUT2D eigenvalue weighted by Gasteiger charge is -2.20. The number of benzene rings is 8. The van der Waals surface area contributed by atoms with Crippen molar-refractivity contribution in [3.63, 3.8) is 0 Å². The van der Waals surface area contributed by atoms with E-state index in [9.17, 15) is 26.3 Å². The zero-order valence-electron chi connectivity index (χ0n) is 34.6. The Bertz CT molecular complexity index is 3850. The number of nitriles is 5. The van der Waals surface area contributed by atoms with Crippen LogP contribution < -0.4 is 0 Å². The topological polar surface area (TPSA) is 167 Å². The Morgan fingerprint density at radius 1 is 0.303 bits per heavy atom. The lowest BCUT2D eigenvalue weighted by atomic mass is 9.97. The largest absolute Gasteiger partial charge is 0.309 e. The van der Waals surface area contributed by atoms with Crippen molar-refractivity contribution in [2.45, 2.75) is 0 Å². The molecule has 0 saturated heterocycles. The van der Waals surface area contributed by atoms with Gasteiger partial charge in [-0.25, -0.2) is 15.0 Å². The number of aromatic nitrogens is 5. The normalized spacial score (nSPS) is 11.0. The zero-order valence-corrected chi connectivity index (χ0v) is 34.6. The summed E-state index contributed by atoms with van der Waals surface area (Å²) in [7, 11) is 0. The van der Waals surface area contributed by atoms with Crippen LogP contribution in [0.3, 0.4) is 0 Å². The summed E-state index contributed by atoms with van der Waals surface area (Å²) in [6.07, 6.45) is 0. The van der Waals surface area contributed by atoms with Crippen molar-refractivity contribution < 1.29 is 0 Å². The number of nitrogens with zero attached hydrogens (tertiary/aromatic N) is 10. The lowest BCUT2D eigenvalue weighted by Crippen LogP contribution is -2.04. The Morgan fingerprint density at radius 2 is 0.621 bits per heavy atom. The highest BCUT2D eigenvalue weighted by Gasteiger charge is 2.23. The second-order valence-corrected chi connectivity index (χ2v) is 15.7. The third-order valence-corrected chi connectivity index (χ3v) is 11.9. The van der Waals surface area contributed by atoms with Crippen LogP contribution in [-0.4, -0.2) is 24.1 Å². The zero-order chi connectivity index (χ0) is 44.9. The fourth-order valence-electron chi connectivity index (χ4n) is 8.88. The molecule has 0 aliphatic carbocycles. The smallest absolute Gasteiger partial charge is 0.164 e. The molecular formula is C56H28N10. The van der Waals surface area contributed by atoms with E-state index in [2.05, 4.69) is 45.5 Å². The molecule has 0 atom stereocenters.